The van der Waals surface area contributed by atoms with Gasteiger partial charge in [0.1, 0.15) is 5.82 Å². The van der Waals surface area contributed by atoms with Crippen molar-refractivity contribution >= 4 is 5.91 Å². The first kappa shape index (κ1) is 11.7. The average molecular weight is 210 g/mol. The highest BCUT2D eigenvalue weighted by atomic mass is 19.1. The molecule has 0 aromatic heterocycles. The summed E-state index contributed by atoms with van der Waals surface area (Å²) in [6.45, 7) is 5.14. The lowest BCUT2D eigenvalue weighted by molar-refractivity contribution is -0.125. The molecular formula is C11H15FN2O. The maximum Gasteiger partial charge on any atom is 0.243 e. The van der Waals surface area contributed by atoms with Crippen molar-refractivity contribution in [2.45, 2.75) is 26.2 Å². The Morgan fingerprint density at radius 3 is 2.53 bits per heavy atom. The second-order valence-electron chi connectivity index (χ2n) is 4.06. The van der Waals surface area contributed by atoms with Gasteiger partial charge in [0.05, 0.1) is 5.41 Å². The Bertz CT molecular complexity index is 388. The van der Waals surface area contributed by atoms with Gasteiger partial charge in [-0.2, -0.15) is 0 Å². The molecule has 15 heavy (non-hydrogen) atoms. The van der Waals surface area contributed by atoms with Crippen LogP contribution in [0.2, 0.25) is 0 Å². The van der Waals surface area contributed by atoms with Crippen LogP contribution in [-0.2, 0) is 10.2 Å². The number of halogens is 1. The lowest BCUT2D eigenvalue weighted by atomic mass is 9.83. The summed E-state index contributed by atoms with van der Waals surface area (Å²) < 4.78 is 13.0. The fourth-order valence-corrected chi connectivity index (χ4v) is 1.34. The maximum atomic E-state index is 13.0. The third-order valence-electron chi connectivity index (χ3n) is 2.58. The third kappa shape index (κ3) is 2.15. The summed E-state index contributed by atoms with van der Waals surface area (Å²) in [5.74, 6) is 4.52. The zero-order valence-electron chi connectivity index (χ0n) is 9.10. The molecule has 0 saturated carbocycles. The van der Waals surface area contributed by atoms with Gasteiger partial charge >= 0.3 is 0 Å². The summed E-state index contributed by atoms with van der Waals surface area (Å²) in [5, 5.41) is 0. The molecule has 0 unspecified atom stereocenters. The Kier molecular flexibility index (Phi) is 3.09. The number of hydrogen-bond donors (Lipinski definition) is 2. The first-order valence-corrected chi connectivity index (χ1v) is 4.67. The minimum Gasteiger partial charge on any atom is -0.294 e. The van der Waals surface area contributed by atoms with E-state index < -0.39 is 5.41 Å². The van der Waals surface area contributed by atoms with Gasteiger partial charge in [0.2, 0.25) is 5.91 Å². The van der Waals surface area contributed by atoms with E-state index in [0.717, 1.165) is 5.56 Å². The Labute approximate surface area is 88.4 Å². The van der Waals surface area contributed by atoms with Crippen LogP contribution in [0.1, 0.15) is 25.0 Å². The molecule has 1 aromatic carbocycles. The largest absolute Gasteiger partial charge is 0.294 e. The average Bonchev–Trinajstić information content (AvgIpc) is 2.20. The molecule has 1 rings (SSSR count). The van der Waals surface area contributed by atoms with E-state index in [2.05, 4.69) is 5.43 Å². The third-order valence-corrected chi connectivity index (χ3v) is 2.58. The van der Waals surface area contributed by atoms with Gasteiger partial charge in [-0.25, -0.2) is 10.2 Å². The molecular weight excluding hydrogens is 195 g/mol. The van der Waals surface area contributed by atoms with Crippen LogP contribution in [0.15, 0.2) is 18.2 Å². The summed E-state index contributed by atoms with van der Waals surface area (Å²) in [5.41, 5.74) is 2.61. The number of nitrogens with two attached hydrogens (primary N) is 1. The van der Waals surface area contributed by atoms with E-state index in [1.54, 1.807) is 32.9 Å². The molecule has 0 aliphatic rings. The van der Waals surface area contributed by atoms with E-state index in [1.807, 2.05) is 0 Å². The standard InChI is InChI=1S/C11H15FN2O/c1-7-6-8(4-5-9(7)12)11(2,3)10(15)14-13/h4-6H,13H2,1-3H3,(H,14,15). The Hall–Kier alpha value is -1.42. The predicted octanol–water partition coefficient (Wildman–Crippen LogP) is 1.40. The van der Waals surface area contributed by atoms with Gasteiger partial charge in [-0.05, 0) is 38.0 Å². The van der Waals surface area contributed by atoms with Crippen molar-refractivity contribution in [2.24, 2.45) is 5.84 Å². The van der Waals surface area contributed by atoms with Crippen molar-refractivity contribution in [1.29, 1.82) is 0 Å². The lowest BCUT2D eigenvalue weighted by Crippen LogP contribution is -2.43. The van der Waals surface area contributed by atoms with Crippen molar-refractivity contribution in [1.82, 2.24) is 5.43 Å². The molecule has 0 spiro atoms. The van der Waals surface area contributed by atoms with Crippen LogP contribution in [-0.4, -0.2) is 5.91 Å². The molecule has 0 heterocycles. The van der Waals surface area contributed by atoms with Gasteiger partial charge in [-0.1, -0.05) is 12.1 Å². The highest BCUT2D eigenvalue weighted by Crippen LogP contribution is 2.24. The normalized spacial score (nSPS) is 11.3. The monoisotopic (exact) mass is 210 g/mol. The zero-order chi connectivity index (χ0) is 11.6. The zero-order valence-corrected chi connectivity index (χ0v) is 9.10. The first-order valence-electron chi connectivity index (χ1n) is 4.67. The quantitative estimate of drug-likeness (QED) is 0.440. The van der Waals surface area contributed by atoms with Crippen LogP contribution in [0, 0.1) is 12.7 Å². The SMILES string of the molecule is Cc1cc(C(C)(C)C(=O)NN)ccc1F. The number of nitrogens with one attached hydrogen (secondary N) is 1. The summed E-state index contributed by atoms with van der Waals surface area (Å²) in [6, 6.07) is 4.61. The van der Waals surface area contributed by atoms with E-state index >= 15 is 0 Å². The summed E-state index contributed by atoms with van der Waals surface area (Å²) in [6.07, 6.45) is 0. The van der Waals surface area contributed by atoms with Crippen molar-refractivity contribution in [3.8, 4) is 0 Å². The smallest absolute Gasteiger partial charge is 0.243 e. The number of carbonyl (C=O) groups excluding carboxylic acids is 1. The van der Waals surface area contributed by atoms with Gasteiger partial charge in [-0.3, -0.25) is 10.2 Å². The molecule has 0 atom stereocenters. The molecule has 0 radical (unpaired) electrons. The van der Waals surface area contributed by atoms with Crippen molar-refractivity contribution in [3.05, 3.63) is 35.1 Å². The van der Waals surface area contributed by atoms with E-state index in [1.165, 1.54) is 6.07 Å². The minimum absolute atomic E-state index is 0.275. The summed E-state index contributed by atoms with van der Waals surface area (Å²) in [4.78, 5) is 11.5. The van der Waals surface area contributed by atoms with Crippen LogP contribution in [0.25, 0.3) is 0 Å². The van der Waals surface area contributed by atoms with Crippen molar-refractivity contribution in [3.63, 3.8) is 0 Å². The lowest BCUT2D eigenvalue weighted by Gasteiger charge is -2.23. The number of rotatable bonds is 2. The number of aryl methyl sites for hydroxylation is 1. The fraction of sp³-hybridized carbons (Fsp3) is 0.364. The topological polar surface area (TPSA) is 55.1 Å². The molecule has 82 valence electrons. The van der Waals surface area contributed by atoms with Gasteiger partial charge in [0, 0.05) is 0 Å². The molecule has 4 heteroatoms. The highest BCUT2D eigenvalue weighted by molar-refractivity contribution is 5.86. The van der Waals surface area contributed by atoms with Crippen LogP contribution in [0.5, 0.6) is 0 Å². The molecule has 1 amide bonds. The second kappa shape index (κ2) is 3.98. The number of benzene rings is 1. The maximum absolute atomic E-state index is 13.0. The summed E-state index contributed by atoms with van der Waals surface area (Å²) >= 11 is 0. The van der Waals surface area contributed by atoms with Gasteiger partial charge in [0.15, 0.2) is 0 Å². The van der Waals surface area contributed by atoms with Gasteiger partial charge < -0.3 is 0 Å². The molecule has 0 saturated heterocycles. The Morgan fingerprint density at radius 1 is 1.47 bits per heavy atom. The summed E-state index contributed by atoms with van der Waals surface area (Å²) in [7, 11) is 0. The van der Waals surface area contributed by atoms with E-state index in [9.17, 15) is 9.18 Å². The van der Waals surface area contributed by atoms with Crippen molar-refractivity contribution in [2.75, 3.05) is 0 Å². The van der Waals surface area contributed by atoms with Crippen LogP contribution < -0.4 is 11.3 Å². The highest BCUT2D eigenvalue weighted by Gasteiger charge is 2.29. The van der Waals surface area contributed by atoms with Gasteiger partial charge in [0.25, 0.3) is 0 Å². The molecule has 0 fully saturated rings. The van der Waals surface area contributed by atoms with Crippen LogP contribution in [0.4, 0.5) is 4.39 Å². The predicted molar refractivity (Wildman–Crippen MR) is 56.5 cm³/mol. The fourth-order valence-electron chi connectivity index (χ4n) is 1.34. The molecule has 3 N–H and O–H groups in total. The molecule has 0 bridgehead atoms. The molecule has 1 aromatic rings. The minimum atomic E-state index is -0.757. The Morgan fingerprint density at radius 2 is 2.07 bits per heavy atom. The number of amides is 1. The first-order chi connectivity index (χ1) is 6.89. The molecule has 3 nitrogen and oxygen atoms in total. The van der Waals surface area contributed by atoms with Crippen LogP contribution in [0.3, 0.4) is 0 Å². The van der Waals surface area contributed by atoms with Crippen molar-refractivity contribution < 1.29 is 9.18 Å². The Balaban J connectivity index is 3.16. The number of hydrogen-bond acceptors (Lipinski definition) is 2. The van der Waals surface area contributed by atoms with E-state index in [-0.39, 0.29) is 11.7 Å². The van der Waals surface area contributed by atoms with E-state index in [4.69, 9.17) is 5.84 Å². The second-order valence-corrected chi connectivity index (χ2v) is 4.06. The number of carbonyl (C=O) groups is 1. The van der Waals surface area contributed by atoms with E-state index in [0.29, 0.717) is 5.56 Å². The van der Waals surface area contributed by atoms with Crippen LogP contribution >= 0.6 is 0 Å². The molecule has 0 aliphatic heterocycles. The number of hydrazine groups is 1. The molecule has 0 aliphatic carbocycles. The van der Waals surface area contributed by atoms with Gasteiger partial charge in [-0.15, -0.1) is 0 Å².